The van der Waals surface area contributed by atoms with Crippen LogP contribution in [0.2, 0.25) is 0 Å². The summed E-state index contributed by atoms with van der Waals surface area (Å²) in [5.74, 6) is 2.95. The normalized spacial score (nSPS) is 11.1. The minimum atomic E-state index is 0.587. The Morgan fingerprint density at radius 2 is 1.58 bits per heavy atom. The molecule has 0 amide bonds. The molecule has 2 rings (SSSR count). The fraction of sp³-hybridized carbons (Fsp3) is 0.421. The molecule has 1 aromatic carbocycles. The third-order valence-electron chi connectivity index (χ3n) is 3.76. The summed E-state index contributed by atoms with van der Waals surface area (Å²) in [6.45, 7) is 3.07. The molecule has 0 saturated carbocycles. The highest BCUT2D eigenvalue weighted by Crippen LogP contribution is 2.27. The Kier molecular flexibility index (Phi) is 8.18. The van der Waals surface area contributed by atoms with Crippen molar-refractivity contribution >= 4 is 5.96 Å². The topological polar surface area (TPSA) is 69.0 Å². The number of benzene rings is 1. The molecule has 0 aliphatic heterocycles. The summed E-state index contributed by atoms with van der Waals surface area (Å²) in [5, 5.41) is 6.57. The van der Waals surface area contributed by atoms with Gasteiger partial charge in [-0.25, -0.2) is 0 Å². The summed E-state index contributed by atoms with van der Waals surface area (Å²) in [6, 6.07) is 9.54. The molecule has 1 aromatic heterocycles. The first-order valence-electron chi connectivity index (χ1n) is 8.66. The lowest BCUT2D eigenvalue weighted by Crippen LogP contribution is -2.39. The zero-order valence-corrected chi connectivity index (χ0v) is 15.7. The molecule has 0 atom stereocenters. The molecule has 26 heavy (non-hydrogen) atoms. The first-order valence-corrected chi connectivity index (χ1v) is 8.66. The molecule has 2 N–H and O–H groups in total. The lowest BCUT2D eigenvalue weighted by Gasteiger charge is -2.13. The lowest BCUT2D eigenvalue weighted by molar-refractivity contribution is 0.305. The molecule has 142 valence electrons. The highest BCUT2D eigenvalue weighted by molar-refractivity contribution is 5.79. The Morgan fingerprint density at radius 3 is 2.19 bits per heavy atom. The summed E-state index contributed by atoms with van der Waals surface area (Å²) in [4.78, 5) is 4.22. The van der Waals surface area contributed by atoms with Crippen molar-refractivity contribution in [3.63, 3.8) is 0 Å². The van der Waals surface area contributed by atoms with E-state index in [9.17, 15) is 0 Å². The molecule has 2 aromatic rings. The van der Waals surface area contributed by atoms with Gasteiger partial charge in [0.2, 0.25) is 0 Å². The van der Waals surface area contributed by atoms with Crippen LogP contribution in [0.15, 0.2) is 47.7 Å². The second kappa shape index (κ2) is 10.9. The average molecular weight is 360 g/mol. The number of methoxy groups -OCH3 is 2. The smallest absolute Gasteiger partial charge is 0.191 e. The molecule has 0 fully saturated rings. The first kappa shape index (κ1) is 19.5. The molecule has 0 aliphatic carbocycles. The van der Waals surface area contributed by atoms with Crippen LogP contribution in [-0.4, -0.2) is 51.5 Å². The fourth-order valence-electron chi connectivity index (χ4n) is 2.38. The summed E-state index contributed by atoms with van der Waals surface area (Å²) in [6.07, 6.45) is 4.93. The second-order valence-corrected chi connectivity index (χ2v) is 5.60. The van der Waals surface area contributed by atoms with Crippen molar-refractivity contribution in [1.29, 1.82) is 0 Å². The van der Waals surface area contributed by atoms with Gasteiger partial charge in [0.15, 0.2) is 5.96 Å². The van der Waals surface area contributed by atoms with Crippen molar-refractivity contribution in [3.8, 4) is 17.2 Å². The molecule has 0 bridgehead atoms. The number of aromatic nitrogens is 1. The predicted molar refractivity (Wildman–Crippen MR) is 103 cm³/mol. The number of guanidine groups is 1. The maximum absolute atomic E-state index is 5.77. The Bertz CT molecular complexity index is 649. The van der Waals surface area contributed by atoms with Gasteiger partial charge < -0.3 is 29.4 Å². The van der Waals surface area contributed by atoms with Crippen LogP contribution in [0.5, 0.6) is 17.2 Å². The van der Waals surface area contributed by atoms with E-state index in [1.165, 1.54) is 0 Å². The molecule has 1 heterocycles. The van der Waals surface area contributed by atoms with Crippen LogP contribution in [0.4, 0.5) is 0 Å². The SMILES string of the molecule is CN=C(NCCCOc1cc(OC)cc(OC)c1)NCCn1cccc1. The number of hydrogen-bond donors (Lipinski definition) is 2. The highest BCUT2D eigenvalue weighted by Gasteiger charge is 2.03. The van der Waals surface area contributed by atoms with Crippen LogP contribution in [0.3, 0.4) is 0 Å². The van der Waals surface area contributed by atoms with Crippen molar-refractivity contribution in [2.24, 2.45) is 4.99 Å². The Balaban J connectivity index is 1.64. The molecule has 0 unspecified atom stereocenters. The van der Waals surface area contributed by atoms with Crippen LogP contribution in [0.1, 0.15) is 6.42 Å². The predicted octanol–water partition coefficient (Wildman–Crippen LogP) is 2.14. The van der Waals surface area contributed by atoms with Crippen molar-refractivity contribution in [2.75, 3.05) is 41.0 Å². The van der Waals surface area contributed by atoms with Crippen molar-refractivity contribution < 1.29 is 14.2 Å². The van der Waals surface area contributed by atoms with E-state index >= 15 is 0 Å². The van der Waals surface area contributed by atoms with Crippen molar-refractivity contribution in [2.45, 2.75) is 13.0 Å². The summed E-state index contributed by atoms with van der Waals surface area (Å²) in [5.41, 5.74) is 0. The van der Waals surface area contributed by atoms with Gasteiger partial charge in [0.05, 0.1) is 20.8 Å². The van der Waals surface area contributed by atoms with E-state index in [2.05, 4.69) is 20.2 Å². The molecular formula is C19H28N4O3. The van der Waals surface area contributed by atoms with Crippen molar-refractivity contribution in [3.05, 3.63) is 42.7 Å². The van der Waals surface area contributed by atoms with E-state index in [0.29, 0.717) is 18.1 Å². The number of nitrogens with one attached hydrogen (secondary N) is 2. The van der Waals surface area contributed by atoms with Gasteiger partial charge in [-0.15, -0.1) is 0 Å². The van der Waals surface area contributed by atoms with Crippen LogP contribution >= 0.6 is 0 Å². The van der Waals surface area contributed by atoms with Gasteiger partial charge in [0.1, 0.15) is 17.2 Å². The van der Waals surface area contributed by atoms with Gasteiger partial charge >= 0.3 is 0 Å². The Labute approximate surface area is 155 Å². The van der Waals surface area contributed by atoms with Gasteiger partial charge in [0.25, 0.3) is 0 Å². The molecule has 7 nitrogen and oxygen atoms in total. The summed E-state index contributed by atoms with van der Waals surface area (Å²) < 4.78 is 18.4. The Morgan fingerprint density at radius 1 is 0.962 bits per heavy atom. The van der Waals surface area contributed by atoms with E-state index in [4.69, 9.17) is 14.2 Å². The number of rotatable bonds is 10. The van der Waals surface area contributed by atoms with E-state index < -0.39 is 0 Å². The minimum Gasteiger partial charge on any atom is -0.496 e. The zero-order valence-electron chi connectivity index (χ0n) is 15.7. The molecule has 0 radical (unpaired) electrons. The summed E-state index contributed by atoms with van der Waals surface area (Å²) in [7, 11) is 5.01. The minimum absolute atomic E-state index is 0.587. The van der Waals surface area contributed by atoms with Crippen LogP contribution in [0.25, 0.3) is 0 Å². The fourth-order valence-corrected chi connectivity index (χ4v) is 2.38. The zero-order chi connectivity index (χ0) is 18.6. The van der Waals surface area contributed by atoms with Gasteiger partial charge in [0, 0.05) is 57.3 Å². The second-order valence-electron chi connectivity index (χ2n) is 5.60. The van der Waals surface area contributed by atoms with Gasteiger partial charge in [-0.2, -0.15) is 0 Å². The maximum atomic E-state index is 5.77. The maximum Gasteiger partial charge on any atom is 0.191 e. The van der Waals surface area contributed by atoms with Crippen LogP contribution < -0.4 is 24.8 Å². The van der Waals surface area contributed by atoms with Crippen LogP contribution in [-0.2, 0) is 6.54 Å². The highest BCUT2D eigenvalue weighted by atomic mass is 16.5. The van der Waals surface area contributed by atoms with Crippen molar-refractivity contribution in [1.82, 2.24) is 15.2 Å². The largest absolute Gasteiger partial charge is 0.496 e. The first-order chi connectivity index (χ1) is 12.7. The monoisotopic (exact) mass is 360 g/mol. The third kappa shape index (κ3) is 6.58. The molecule has 0 aliphatic rings. The Hall–Kier alpha value is -2.83. The number of nitrogens with zero attached hydrogens (tertiary/aromatic N) is 2. The molecular weight excluding hydrogens is 332 g/mol. The van der Waals surface area contributed by atoms with Gasteiger partial charge in [-0.3, -0.25) is 4.99 Å². The summed E-state index contributed by atoms with van der Waals surface area (Å²) >= 11 is 0. The average Bonchev–Trinajstić information content (AvgIpc) is 3.19. The van der Waals surface area contributed by atoms with E-state index in [1.54, 1.807) is 21.3 Å². The van der Waals surface area contributed by atoms with E-state index in [-0.39, 0.29) is 0 Å². The lowest BCUT2D eigenvalue weighted by atomic mass is 10.3. The van der Waals surface area contributed by atoms with Crippen LogP contribution in [0, 0.1) is 0 Å². The number of hydrogen-bond acceptors (Lipinski definition) is 4. The van der Waals surface area contributed by atoms with E-state index in [1.807, 2.05) is 42.7 Å². The third-order valence-corrected chi connectivity index (χ3v) is 3.76. The standard InChI is InChI=1S/C19H28N4O3/c1-20-19(22-8-11-23-9-4-5-10-23)21-7-6-12-26-18-14-16(24-2)13-17(15-18)25-3/h4-5,9-10,13-15H,6-8,11-12H2,1-3H3,(H2,20,21,22). The molecule has 0 saturated heterocycles. The van der Waals surface area contributed by atoms with E-state index in [0.717, 1.165) is 37.8 Å². The van der Waals surface area contributed by atoms with Gasteiger partial charge in [-0.1, -0.05) is 0 Å². The number of aliphatic imine (C=N–C) groups is 1. The quantitative estimate of drug-likeness (QED) is 0.386. The van der Waals surface area contributed by atoms with Gasteiger partial charge in [-0.05, 0) is 18.6 Å². The molecule has 7 heteroatoms. The molecule has 0 spiro atoms. The number of ether oxygens (including phenoxy) is 3.